The predicted octanol–water partition coefficient (Wildman–Crippen LogP) is 2.03. The molecule has 4 rings (SSSR count). The van der Waals surface area contributed by atoms with Crippen LogP contribution in [0.4, 0.5) is 21.8 Å². The van der Waals surface area contributed by atoms with Gasteiger partial charge in [-0.25, -0.2) is 4.39 Å². The molecule has 2 atom stereocenters. The van der Waals surface area contributed by atoms with E-state index < -0.39 is 39.7 Å². The van der Waals surface area contributed by atoms with Crippen molar-refractivity contribution >= 4 is 23.4 Å². The number of carbonyl (C=O) groups is 1. The number of halogens is 1. The molecule has 3 heterocycles. The number of nitriles is 1. The molecule has 0 bridgehead atoms. The van der Waals surface area contributed by atoms with Crippen LogP contribution in [-0.4, -0.2) is 33.9 Å². The first kappa shape index (κ1) is 19.5. The van der Waals surface area contributed by atoms with E-state index in [0.29, 0.717) is 13.1 Å². The highest BCUT2D eigenvalue weighted by Crippen LogP contribution is 2.40. The summed E-state index contributed by atoms with van der Waals surface area (Å²) in [5.74, 6) is -4.16. The van der Waals surface area contributed by atoms with E-state index in [2.05, 4.69) is 15.3 Å². The number of H-pyrrole nitrogens is 1. The number of carbonyl (C=O) groups excluding carboxylic acids is 1. The number of fused-ring (bicyclic) bond motifs is 1. The number of hydrogen-bond donors (Lipinski definition) is 2. The number of nitrogens with zero attached hydrogens (tertiary/aromatic N) is 4. The molecule has 2 aromatic rings. The highest BCUT2D eigenvalue weighted by atomic mass is 19.1. The zero-order valence-electron chi connectivity index (χ0n) is 15.7. The fourth-order valence-corrected chi connectivity index (χ4v) is 3.97. The Kier molecular flexibility index (Phi) is 4.91. The molecule has 0 spiro atoms. The average Bonchev–Trinajstić information content (AvgIpc) is 2.73. The summed E-state index contributed by atoms with van der Waals surface area (Å²) < 4.78 is 14.6. The predicted molar refractivity (Wildman–Crippen MR) is 104 cm³/mol. The number of nitro benzene ring substituents is 1. The average molecular weight is 412 g/mol. The van der Waals surface area contributed by atoms with Crippen molar-refractivity contribution in [3.8, 4) is 6.07 Å². The Hall–Kier alpha value is -3.81. The molecule has 2 N–H and O–H groups in total. The molecule has 1 aromatic heterocycles. The van der Waals surface area contributed by atoms with E-state index in [-0.39, 0.29) is 22.9 Å². The summed E-state index contributed by atoms with van der Waals surface area (Å²) in [6, 6.07) is 4.60. The zero-order chi connectivity index (χ0) is 21.4. The molecule has 2 aliphatic heterocycles. The van der Waals surface area contributed by atoms with Crippen LogP contribution in [0.15, 0.2) is 23.0 Å². The first-order chi connectivity index (χ1) is 14.4. The van der Waals surface area contributed by atoms with Crippen LogP contribution in [0, 0.1) is 33.2 Å². The highest BCUT2D eigenvalue weighted by Gasteiger charge is 2.42. The van der Waals surface area contributed by atoms with Crippen molar-refractivity contribution in [2.75, 3.05) is 23.3 Å². The Morgan fingerprint density at radius 3 is 2.67 bits per heavy atom. The summed E-state index contributed by atoms with van der Waals surface area (Å²) in [5, 5.41) is 23.1. The molecule has 11 heteroatoms. The van der Waals surface area contributed by atoms with Gasteiger partial charge < -0.3 is 10.2 Å². The number of non-ortho nitro benzene ring substituents is 1. The minimum atomic E-state index is -1.45. The van der Waals surface area contributed by atoms with Crippen LogP contribution < -0.4 is 15.8 Å². The quantitative estimate of drug-likeness (QED) is 0.579. The molecule has 10 nitrogen and oxygen atoms in total. The lowest BCUT2D eigenvalue weighted by Gasteiger charge is -2.31. The summed E-state index contributed by atoms with van der Waals surface area (Å²) in [6.45, 7) is 1.39. The Balaban J connectivity index is 1.89. The Labute approximate surface area is 169 Å². The zero-order valence-corrected chi connectivity index (χ0v) is 15.7. The molecular formula is C19H17FN6O4. The molecule has 1 aromatic carbocycles. The van der Waals surface area contributed by atoms with Crippen molar-refractivity contribution in [2.24, 2.45) is 5.92 Å². The molecule has 0 radical (unpaired) electrons. The number of rotatable bonds is 3. The summed E-state index contributed by atoms with van der Waals surface area (Å²) in [4.78, 5) is 44.9. The van der Waals surface area contributed by atoms with Crippen molar-refractivity contribution in [1.29, 1.82) is 5.26 Å². The van der Waals surface area contributed by atoms with Gasteiger partial charge in [0.25, 0.3) is 11.2 Å². The number of nitrogens with one attached hydrogen (secondary N) is 2. The van der Waals surface area contributed by atoms with Gasteiger partial charge in [0.05, 0.1) is 16.6 Å². The maximum absolute atomic E-state index is 14.6. The van der Waals surface area contributed by atoms with Crippen LogP contribution in [0.5, 0.6) is 0 Å². The fourth-order valence-electron chi connectivity index (χ4n) is 3.97. The lowest BCUT2D eigenvalue weighted by molar-refractivity contribution is -0.385. The Bertz CT molecular complexity index is 1130. The Morgan fingerprint density at radius 2 is 2.00 bits per heavy atom. The number of amides is 1. The van der Waals surface area contributed by atoms with E-state index in [4.69, 9.17) is 0 Å². The Morgan fingerprint density at radius 1 is 1.27 bits per heavy atom. The van der Waals surface area contributed by atoms with Gasteiger partial charge in [0, 0.05) is 36.7 Å². The van der Waals surface area contributed by atoms with E-state index in [1.54, 1.807) is 6.07 Å². The first-order valence-corrected chi connectivity index (χ1v) is 9.44. The van der Waals surface area contributed by atoms with Crippen LogP contribution in [-0.2, 0) is 4.79 Å². The fraction of sp³-hybridized carbons (Fsp3) is 0.368. The number of aromatic nitrogens is 2. The molecular weight excluding hydrogens is 395 g/mol. The maximum atomic E-state index is 14.6. The molecule has 1 fully saturated rings. The van der Waals surface area contributed by atoms with Crippen molar-refractivity contribution in [3.63, 3.8) is 0 Å². The standard InChI is InChI=1S/C19H17FN6O4/c20-13-5-4-10(26(29)30)8-11(13)14-12(9-21)17(27)22-16-15(14)18(28)24-19(23-16)25-6-2-1-3-7-25/h4-5,8,12,14H,1-3,6-7H2,(H2,22,23,24,27,28). The topological polar surface area (TPSA) is 145 Å². The minimum Gasteiger partial charge on any atom is -0.342 e. The van der Waals surface area contributed by atoms with Crippen LogP contribution in [0.1, 0.15) is 36.3 Å². The van der Waals surface area contributed by atoms with Crippen LogP contribution in [0.25, 0.3) is 0 Å². The van der Waals surface area contributed by atoms with Gasteiger partial charge in [0.15, 0.2) is 0 Å². The van der Waals surface area contributed by atoms with E-state index in [0.717, 1.165) is 37.5 Å². The molecule has 30 heavy (non-hydrogen) atoms. The second-order valence-corrected chi connectivity index (χ2v) is 7.24. The van der Waals surface area contributed by atoms with E-state index in [1.165, 1.54) is 0 Å². The molecule has 1 amide bonds. The van der Waals surface area contributed by atoms with Crippen molar-refractivity contribution < 1.29 is 14.1 Å². The molecule has 0 aliphatic carbocycles. The lowest BCUT2D eigenvalue weighted by atomic mass is 9.79. The molecule has 1 saturated heterocycles. The summed E-state index contributed by atoms with van der Waals surface area (Å²) in [7, 11) is 0. The first-order valence-electron chi connectivity index (χ1n) is 9.44. The van der Waals surface area contributed by atoms with Crippen LogP contribution in [0.3, 0.4) is 0 Å². The second kappa shape index (κ2) is 7.55. The number of hydrogen-bond acceptors (Lipinski definition) is 7. The van der Waals surface area contributed by atoms with Crippen LogP contribution >= 0.6 is 0 Å². The van der Waals surface area contributed by atoms with Gasteiger partial charge in [-0.05, 0) is 25.3 Å². The normalized spacial score (nSPS) is 20.8. The maximum Gasteiger partial charge on any atom is 0.269 e. The van der Waals surface area contributed by atoms with Crippen molar-refractivity contribution in [2.45, 2.75) is 25.2 Å². The summed E-state index contributed by atoms with van der Waals surface area (Å²) in [5.41, 5.74) is -1.41. The van der Waals surface area contributed by atoms with E-state index in [1.807, 2.05) is 4.90 Å². The third-order valence-electron chi connectivity index (χ3n) is 5.43. The smallest absolute Gasteiger partial charge is 0.269 e. The summed E-state index contributed by atoms with van der Waals surface area (Å²) >= 11 is 0. The third-order valence-corrected chi connectivity index (χ3v) is 5.43. The number of aromatic amines is 1. The third kappa shape index (κ3) is 3.26. The largest absolute Gasteiger partial charge is 0.342 e. The monoisotopic (exact) mass is 412 g/mol. The number of anilines is 2. The van der Waals surface area contributed by atoms with Gasteiger partial charge in [-0.3, -0.25) is 24.7 Å². The molecule has 2 unspecified atom stereocenters. The van der Waals surface area contributed by atoms with Gasteiger partial charge in [-0.2, -0.15) is 10.2 Å². The van der Waals surface area contributed by atoms with Gasteiger partial charge in [0.2, 0.25) is 11.9 Å². The van der Waals surface area contributed by atoms with Crippen LogP contribution in [0.2, 0.25) is 0 Å². The second-order valence-electron chi connectivity index (χ2n) is 7.24. The van der Waals surface area contributed by atoms with Crippen molar-refractivity contribution in [3.05, 3.63) is 55.6 Å². The number of nitro groups is 1. The lowest BCUT2D eigenvalue weighted by Crippen LogP contribution is -2.40. The van der Waals surface area contributed by atoms with Gasteiger partial charge in [0.1, 0.15) is 17.6 Å². The summed E-state index contributed by atoms with van der Waals surface area (Å²) in [6.07, 6.45) is 2.94. The SMILES string of the molecule is N#CC1C(=O)Nc2nc(N3CCCCC3)[nH]c(=O)c2C1c1cc([N+](=O)[O-])ccc1F. The number of benzene rings is 1. The van der Waals surface area contributed by atoms with Crippen molar-refractivity contribution in [1.82, 2.24) is 9.97 Å². The minimum absolute atomic E-state index is 0.0632. The van der Waals surface area contributed by atoms with E-state index in [9.17, 15) is 29.4 Å². The highest BCUT2D eigenvalue weighted by molar-refractivity contribution is 5.98. The molecule has 0 saturated carbocycles. The van der Waals surface area contributed by atoms with Gasteiger partial charge in [-0.1, -0.05) is 0 Å². The van der Waals surface area contributed by atoms with Gasteiger partial charge in [-0.15, -0.1) is 0 Å². The molecule has 2 aliphatic rings. The van der Waals surface area contributed by atoms with E-state index >= 15 is 0 Å². The number of piperidine rings is 1. The molecule has 154 valence electrons. The van der Waals surface area contributed by atoms with Gasteiger partial charge >= 0.3 is 0 Å².